The second-order valence-electron chi connectivity index (χ2n) is 11.6. The molecule has 1 aliphatic heterocycles. The summed E-state index contributed by atoms with van der Waals surface area (Å²) >= 11 is 0. The number of ketones is 1. The van der Waals surface area contributed by atoms with Gasteiger partial charge in [0.05, 0.1) is 24.4 Å². The van der Waals surface area contributed by atoms with Crippen LogP contribution >= 0.6 is 0 Å². The Morgan fingerprint density at radius 3 is 1.97 bits per heavy atom. The van der Waals surface area contributed by atoms with Crippen LogP contribution in [0.25, 0.3) is 0 Å². The summed E-state index contributed by atoms with van der Waals surface area (Å²) in [5.74, 6) is 0.920. The number of benzene rings is 2. The maximum atomic E-state index is 11.9. The first-order valence-corrected chi connectivity index (χ1v) is 15.0. The number of Topliss-reactive ketones (excluding diaryl/α,β-unsaturated/α-hetero) is 1. The Hall–Kier alpha value is -2.06. The minimum atomic E-state index is -4.08. The molecule has 2 aromatic carbocycles. The van der Waals surface area contributed by atoms with Gasteiger partial charge in [0.2, 0.25) is 0 Å². The number of rotatable bonds is 7. The van der Waals surface area contributed by atoms with Crippen LogP contribution in [-0.4, -0.2) is 62.3 Å². The zero-order chi connectivity index (χ0) is 26.7. The van der Waals surface area contributed by atoms with Gasteiger partial charge in [0, 0.05) is 32.0 Å². The smallest absolute Gasteiger partial charge is 0.265 e. The molecule has 37 heavy (non-hydrogen) atoms. The van der Waals surface area contributed by atoms with Crippen molar-refractivity contribution in [3.63, 3.8) is 0 Å². The molecule has 2 aliphatic carbocycles. The molecular formula is C30H41NO5S. The summed E-state index contributed by atoms with van der Waals surface area (Å²) in [4.78, 5) is 14.4. The summed E-state index contributed by atoms with van der Waals surface area (Å²) < 4.78 is 36.4. The van der Waals surface area contributed by atoms with E-state index in [-0.39, 0.29) is 17.1 Å². The van der Waals surface area contributed by atoms with Crippen molar-refractivity contribution >= 4 is 15.9 Å². The fourth-order valence-corrected chi connectivity index (χ4v) is 8.19. The molecule has 5 rings (SSSR count). The van der Waals surface area contributed by atoms with E-state index in [1.165, 1.54) is 11.1 Å². The molecule has 0 amide bonds. The minimum absolute atomic E-state index is 0.0152. The first-order chi connectivity index (χ1) is 17.5. The van der Waals surface area contributed by atoms with Crippen molar-refractivity contribution in [3.8, 4) is 0 Å². The fourth-order valence-electron chi connectivity index (χ4n) is 6.89. The molecule has 2 bridgehead atoms. The van der Waals surface area contributed by atoms with Crippen molar-refractivity contribution in [2.24, 2.45) is 22.7 Å². The van der Waals surface area contributed by atoms with Gasteiger partial charge in [-0.1, -0.05) is 81.4 Å². The van der Waals surface area contributed by atoms with Crippen molar-refractivity contribution in [2.45, 2.75) is 46.0 Å². The van der Waals surface area contributed by atoms with E-state index in [1.54, 1.807) is 0 Å². The van der Waals surface area contributed by atoms with Crippen molar-refractivity contribution in [2.75, 3.05) is 38.6 Å². The molecule has 1 heterocycles. The van der Waals surface area contributed by atoms with E-state index in [9.17, 15) is 13.2 Å². The normalized spacial score (nSPS) is 26.1. The molecule has 2 saturated carbocycles. The average molecular weight is 528 g/mol. The summed E-state index contributed by atoms with van der Waals surface area (Å²) in [7, 11) is -4.08. The van der Waals surface area contributed by atoms with Gasteiger partial charge in [0.15, 0.2) is 0 Å². The van der Waals surface area contributed by atoms with Gasteiger partial charge in [-0.3, -0.25) is 14.2 Å². The second kappa shape index (κ2) is 11.4. The number of hydrogen-bond acceptors (Lipinski definition) is 5. The third kappa shape index (κ3) is 6.17. The third-order valence-electron chi connectivity index (χ3n) is 9.10. The number of morpholine rings is 1. The number of nitrogens with zero attached hydrogens (tertiary/aromatic N) is 1. The van der Waals surface area contributed by atoms with Crippen LogP contribution in [0.15, 0.2) is 60.7 Å². The van der Waals surface area contributed by atoms with E-state index in [4.69, 9.17) is 9.29 Å². The molecular weight excluding hydrogens is 486 g/mol. The van der Waals surface area contributed by atoms with Gasteiger partial charge >= 0.3 is 0 Å². The molecule has 1 saturated heterocycles. The number of carbonyl (C=O) groups excluding carboxylic acids is 1. The van der Waals surface area contributed by atoms with Crippen molar-refractivity contribution < 1.29 is 22.5 Å². The second-order valence-corrected chi connectivity index (χ2v) is 13.0. The van der Waals surface area contributed by atoms with Crippen molar-refractivity contribution in [3.05, 3.63) is 71.8 Å². The van der Waals surface area contributed by atoms with Gasteiger partial charge in [0.1, 0.15) is 5.78 Å². The molecule has 0 unspecified atom stereocenters. The van der Waals surface area contributed by atoms with Crippen molar-refractivity contribution in [1.82, 2.24) is 4.90 Å². The maximum absolute atomic E-state index is 11.9. The first kappa shape index (κ1) is 28.0. The van der Waals surface area contributed by atoms with Gasteiger partial charge in [-0.2, -0.15) is 8.42 Å². The van der Waals surface area contributed by atoms with Gasteiger partial charge in [0.25, 0.3) is 10.1 Å². The largest absolute Gasteiger partial charge is 0.379 e. The van der Waals surface area contributed by atoms with Crippen LogP contribution in [-0.2, 0) is 19.6 Å². The van der Waals surface area contributed by atoms with E-state index >= 15 is 0 Å². The highest BCUT2D eigenvalue weighted by molar-refractivity contribution is 7.85. The van der Waals surface area contributed by atoms with Crippen molar-refractivity contribution in [1.29, 1.82) is 0 Å². The van der Waals surface area contributed by atoms with E-state index < -0.39 is 21.3 Å². The van der Waals surface area contributed by atoms with Crippen LogP contribution in [0.2, 0.25) is 0 Å². The summed E-state index contributed by atoms with van der Waals surface area (Å²) in [6.07, 6.45) is 1.97. The lowest BCUT2D eigenvalue weighted by Gasteiger charge is -2.35. The topological polar surface area (TPSA) is 83.9 Å². The quantitative estimate of drug-likeness (QED) is 0.507. The highest BCUT2D eigenvalue weighted by Crippen LogP contribution is 2.64. The SMILES string of the molecule is CC1(C)[C@@H]2CC[C@]1(CS(=O)(=O)O)C(=O)C2.C[C@@H](CN1CCOCC1)C(c1ccccc1)c1ccccc1. The molecule has 0 radical (unpaired) electrons. The number of carbonyl (C=O) groups is 1. The monoisotopic (exact) mass is 527 g/mol. The lowest BCUT2D eigenvalue weighted by atomic mass is 9.70. The van der Waals surface area contributed by atoms with Gasteiger partial charge in [-0.05, 0) is 41.2 Å². The average Bonchev–Trinajstić information content (AvgIpc) is 3.20. The highest BCUT2D eigenvalue weighted by Gasteiger charge is 2.65. The summed E-state index contributed by atoms with van der Waals surface area (Å²) in [6, 6.07) is 21.8. The Morgan fingerprint density at radius 2 is 1.54 bits per heavy atom. The number of hydrogen-bond donors (Lipinski definition) is 1. The fraction of sp³-hybridized carbons (Fsp3) is 0.567. The Kier molecular flexibility index (Phi) is 8.58. The lowest BCUT2D eigenvalue weighted by Crippen LogP contribution is -2.42. The maximum Gasteiger partial charge on any atom is 0.265 e. The summed E-state index contributed by atoms with van der Waals surface area (Å²) in [6.45, 7) is 11.2. The van der Waals surface area contributed by atoms with E-state index in [0.717, 1.165) is 39.3 Å². The predicted octanol–water partition coefficient (Wildman–Crippen LogP) is 5.06. The molecule has 202 valence electrons. The Morgan fingerprint density at radius 1 is 1.00 bits per heavy atom. The van der Waals surface area contributed by atoms with Crippen LogP contribution in [0.5, 0.6) is 0 Å². The lowest BCUT2D eigenvalue weighted by molar-refractivity contribution is -0.128. The number of ether oxygens (including phenoxy) is 1. The van der Waals surface area contributed by atoms with Crippen LogP contribution < -0.4 is 0 Å². The summed E-state index contributed by atoms with van der Waals surface area (Å²) in [5.41, 5.74) is 1.70. The molecule has 3 aliphatic rings. The molecule has 7 heteroatoms. The van der Waals surface area contributed by atoms with Gasteiger partial charge in [-0.25, -0.2) is 0 Å². The van der Waals surface area contributed by atoms with E-state index in [0.29, 0.717) is 24.7 Å². The van der Waals surface area contributed by atoms with Gasteiger partial charge < -0.3 is 4.74 Å². The molecule has 0 spiro atoms. The zero-order valence-electron chi connectivity index (χ0n) is 22.3. The molecule has 2 aromatic rings. The molecule has 6 nitrogen and oxygen atoms in total. The summed E-state index contributed by atoms with van der Waals surface area (Å²) in [5, 5.41) is 0. The third-order valence-corrected chi connectivity index (χ3v) is 9.96. The Bertz CT molecular complexity index is 1110. The van der Waals surface area contributed by atoms with E-state index in [1.807, 2.05) is 13.8 Å². The van der Waals surface area contributed by atoms with E-state index in [2.05, 4.69) is 72.5 Å². The Balaban J connectivity index is 0.000000186. The number of fused-ring (bicyclic) bond motifs is 2. The van der Waals surface area contributed by atoms with Crippen LogP contribution in [0.3, 0.4) is 0 Å². The standard InChI is InChI=1S/C20H25NO.C10H16O4S/c1-17(16-21-12-14-22-15-13-21)20(18-8-4-2-5-9-18)19-10-6-3-7-11-19;1-9(2)7-3-4-10(9,8(11)5-7)6-15(12,13)14/h2-11,17,20H,12-16H2,1H3;7H,3-6H2,1-2H3,(H,12,13,14)/t17-;7-,10+/m01/s1. The van der Waals surface area contributed by atoms with Crippen LogP contribution in [0.1, 0.15) is 57.1 Å². The van der Waals surface area contributed by atoms with Crippen LogP contribution in [0, 0.1) is 22.7 Å². The zero-order valence-corrected chi connectivity index (χ0v) is 23.1. The Labute approximate surface area is 222 Å². The highest BCUT2D eigenvalue weighted by atomic mass is 32.2. The van der Waals surface area contributed by atoms with Crippen LogP contribution in [0.4, 0.5) is 0 Å². The molecule has 0 aromatic heterocycles. The molecule has 1 N–H and O–H groups in total. The molecule has 3 fully saturated rings. The molecule has 3 atom stereocenters. The first-order valence-electron chi connectivity index (χ1n) is 13.4. The minimum Gasteiger partial charge on any atom is -0.379 e. The van der Waals surface area contributed by atoms with Gasteiger partial charge in [-0.15, -0.1) is 0 Å². The predicted molar refractivity (Wildman–Crippen MR) is 146 cm³/mol.